The number of benzene rings is 2. The highest BCUT2D eigenvalue weighted by molar-refractivity contribution is 6.14. The Bertz CT molecular complexity index is 829. The predicted molar refractivity (Wildman–Crippen MR) is 86.3 cm³/mol. The molecule has 2 aromatic carbocycles. The molecular weight excluding hydrogens is 292 g/mol. The van der Waals surface area contributed by atoms with E-state index in [4.69, 9.17) is 9.47 Å². The third-order valence-corrected chi connectivity index (χ3v) is 3.31. The van der Waals surface area contributed by atoms with Gasteiger partial charge in [-0.1, -0.05) is 30.8 Å². The van der Waals surface area contributed by atoms with Gasteiger partial charge in [-0.25, -0.2) is 4.79 Å². The number of esters is 1. The van der Waals surface area contributed by atoms with Crippen molar-refractivity contribution >= 4 is 17.8 Å². The maximum absolute atomic E-state index is 12.2. The van der Waals surface area contributed by atoms with E-state index in [2.05, 4.69) is 6.58 Å². The quantitative estimate of drug-likeness (QED) is 0.492. The van der Waals surface area contributed by atoms with Crippen LogP contribution in [0.1, 0.15) is 22.8 Å². The van der Waals surface area contributed by atoms with E-state index in [1.807, 2.05) is 6.07 Å². The summed E-state index contributed by atoms with van der Waals surface area (Å²) in [5.41, 5.74) is 1.67. The summed E-state index contributed by atoms with van der Waals surface area (Å²) in [6.07, 6.45) is 1.66. The Morgan fingerprint density at radius 3 is 2.48 bits per heavy atom. The van der Waals surface area contributed by atoms with Crippen LogP contribution in [-0.2, 0) is 4.79 Å². The summed E-state index contributed by atoms with van der Waals surface area (Å²) in [6.45, 7) is 5.11. The van der Waals surface area contributed by atoms with Crippen LogP contribution in [0.25, 0.3) is 6.08 Å². The van der Waals surface area contributed by atoms with Gasteiger partial charge in [0.2, 0.25) is 5.78 Å². The smallest absolute Gasteiger partial charge is 0.338 e. The Kier molecular flexibility index (Phi) is 3.81. The lowest BCUT2D eigenvalue weighted by atomic mass is 10.1. The van der Waals surface area contributed by atoms with Crippen LogP contribution in [0.2, 0.25) is 0 Å². The summed E-state index contributed by atoms with van der Waals surface area (Å²) in [6, 6.07) is 13.9. The number of ketones is 1. The van der Waals surface area contributed by atoms with Crippen LogP contribution < -0.4 is 9.47 Å². The van der Waals surface area contributed by atoms with Crippen molar-refractivity contribution in [3.05, 3.63) is 77.6 Å². The summed E-state index contributed by atoms with van der Waals surface area (Å²) in [4.78, 5) is 23.7. The first kappa shape index (κ1) is 14.8. The predicted octanol–water partition coefficient (Wildman–Crippen LogP) is 3.78. The van der Waals surface area contributed by atoms with Gasteiger partial charge < -0.3 is 9.47 Å². The molecule has 0 N–H and O–H groups in total. The van der Waals surface area contributed by atoms with Crippen molar-refractivity contribution in [2.45, 2.75) is 6.92 Å². The van der Waals surface area contributed by atoms with Gasteiger partial charge in [-0.2, -0.15) is 0 Å². The molecule has 1 heterocycles. The van der Waals surface area contributed by atoms with Crippen LogP contribution in [0.4, 0.5) is 0 Å². The minimum atomic E-state index is -0.471. The zero-order chi connectivity index (χ0) is 16.4. The average molecular weight is 306 g/mol. The Labute approximate surface area is 133 Å². The number of carbonyl (C=O) groups excluding carboxylic acids is 2. The molecule has 1 aliphatic heterocycles. The second-order valence-electron chi connectivity index (χ2n) is 5.17. The molecule has 4 nitrogen and oxygen atoms in total. The maximum Gasteiger partial charge on any atom is 0.338 e. The van der Waals surface area contributed by atoms with Gasteiger partial charge in [0, 0.05) is 5.57 Å². The van der Waals surface area contributed by atoms with Crippen molar-refractivity contribution in [3.63, 3.8) is 0 Å². The summed E-state index contributed by atoms with van der Waals surface area (Å²) in [5.74, 6) is 0.648. The monoisotopic (exact) mass is 306 g/mol. The van der Waals surface area contributed by atoms with E-state index in [0.717, 1.165) is 5.56 Å². The molecule has 0 saturated carbocycles. The van der Waals surface area contributed by atoms with E-state index < -0.39 is 5.97 Å². The molecule has 0 saturated heterocycles. The lowest BCUT2D eigenvalue weighted by molar-refractivity contribution is -0.130. The van der Waals surface area contributed by atoms with Gasteiger partial charge in [0.15, 0.2) is 5.76 Å². The van der Waals surface area contributed by atoms with Crippen LogP contribution in [-0.4, -0.2) is 11.8 Å². The molecule has 0 amide bonds. The van der Waals surface area contributed by atoms with E-state index in [1.165, 1.54) is 0 Å². The second-order valence-corrected chi connectivity index (χ2v) is 5.17. The van der Waals surface area contributed by atoms with E-state index >= 15 is 0 Å². The maximum atomic E-state index is 12.2. The molecule has 0 spiro atoms. The Morgan fingerprint density at radius 1 is 1.13 bits per heavy atom. The molecule has 0 aromatic heterocycles. The van der Waals surface area contributed by atoms with E-state index in [-0.39, 0.29) is 11.5 Å². The van der Waals surface area contributed by atoms with Crippen molar-refractivity contribution in [1.82, 2.24) is 0 Å². The second kappa shape index (κ2) is 5.93. The molecule has 4 heteroatoms. The van der Waals surface area contributed by atoms with Crippen LogP contribution in [0.3, 0.4) is 0 Å². The van der Waals surface area contributed by atoms with Crippen molar-refractivity contribution < 1.29 is 19.1 Å². The van der Waals surface area contributed by atoms with Crippen LogP contribution in [0.5, 0.6) is 11.5 Å². The van der Waals surface area contributed by atoms with E-state index in [0.29, 0.717) is 22.6 Å². The number of allylic oxidation sites excluding steroid dienone is 1. The minimum absolute atomic E-state index is 0.140. The van der Waals surface area contributed by atoms with E-state index in [9.17, 15) is 9.59 Å². The molecule has 3 rings (SSSR count). The molecule has 2 aromatic rings. The van der Waals surface area contributed by atoms with Gasteiger partial charge >= 0.3 is 5.97 Å². The SMILES string of the molecule is C=C(C)C(=O)Oc1ccc(/C=C2\Oc3ccccc3C2=O)cc1. The number of ether oxygens (including phenoxy) is 2. The number of hydrogen-bond acceptors (Lipinski definition) is 4. The van der Waals surface area contributed by atoms with Crippen LogP contribution in [0, 0.1) is 0 Å². The number of para-hydroxylation sites is 1. The highest BCUT2D eigenvalue weighted by Gasteiger charge is 2.26. The van der Waals surface area contributed by atoms with Gasteiger partial charge in [0.05, 0.1) is 5.56 Å². The Balaban J connectivity index is 1.78. The van der Waals surface area contributed by atoms with Crippen molar-refractivity contribution in [3.8, 4) is 11.5 Å². The first-order valence-corrected chi connectivity index (χ1v) is 7.05. The van der Waals surface area contributed by atoms with Crippen molar-refractivity contribution in [2.24, 2.45) is 0 Å². The summed E-state index contributed by atoms with van der Waals surface area (Å²) in [7, 11) is 0. The fraction of sp³-hybridized carbons (Fsp3) is 0.0526. The molecule has 0 atom stereocenters. The van der Waals surface area contributed by atoms with Gasteiger partial charge in [0.25, 0.3) is 0 Å². The van der Waals surface area contributed by atoms with Crippen molar-refractivity contribution in [1.29, 1.82) is 0 Å². The minimum Gasteiger partial charge on any atom is -0.452 e. The third kappa shape index (κ3) is 3.06. The summed E-state index contributed by atoms with van der Waals surface area (Å²) < 4.78 is 10.7. The number of rotatable bonds is 3. The lowest BCUT2D eigenvalue weighted by Crippen LogP contribution is -2.07. The number of carbonyl (C=O) groups is 2. The number of Topliss-reactive ketones (excluding diaryl/α,β-unsaturated/α-hetero) is 1. The number of fused-ring (bicyclic) bond motifs is 1. The summed E-state index contributed by atoms with van der Waals surface area (Å²) >= 11 is 0. The van der Waals surface area contributed by atoms with Crippen LogP contribution in [0.15, 0.2) is 66.4 Å². The van der Waals surface area contributed by atoms with E-state index in [1.54, 1.807) is 55.5 Å². The topological polar surface area (TPSA) is 52.6 Å². The van der Waals surface area contributed by atoms with Gasteiger partial charge in [-0.3, -0.25) is 4.79 Å². The van der Waals surface area contributed by atoms with Gasteiger partial charge in [0.1, 0.15) is 11.5 Å². The highest BCUT2D eigenvalue weighted by atomic mass is 16.5. The van der Waals surface area contributed by atoms with Gasteiger partial charge in [-0.15, -0.1) is 0 Å². The lowest BCUT2D eigenvalue weighted by Gasteiger charge is -2.04. The summed E-state index contributed by atoms with van der Waals surface area (Å²) in [5, 5.41) is 0. The Hall–Kier alpha value is -3.14. The molecular formula is C19H14O4. The molecule has 0 bridgehead atoms. The highest BCUT2D eigenvalue weighted by Crippen LogP contribution is 2.31. The molecule has 114 valence electrons. The fourth-order valence-electron chi connectivity index (χ4n) is 2.11. The Morgan fingerprint density at radius 2 is 1.83 bits per heavy atom. The molecule has 1 aliphatic rings. The molecule has 0 aliphatic carbocycles. The zero-order valence-corrected chi connectivity index (χ0v) is 12.5. The molecule has 0 unspecified atom stereocenters. The average Bonchev–Trinajstić information content (AvgIpc) is 2.86. The molecule has 0 radical (unpaired) electrons. The normalized spacial score (nSPS) is 14.3. The molecule has 23 heavy (non-hydrogen) atoms. The van der Waals surface area contributed by atoms with Crippen molar-refractivity contribution in [2.75, 3.05) is 0 Å². The van der Waals surface area contributed by atoms with Gasteiger partial charge in [-0.05, 0) is 42.8 Å². The largest absolute Gasteiger partial charge is 0.452 e. The first-order valence-electron chi connectivity index (χ1n) is 7.05. The first-order chi connectivity index (χ1) is 11.0. The molecule has 0 fully saturated rings. The number of hydrogen-bond donors (Lipinski definition) is 0. The standard InChI is InChI=1S/C19H14O4/c1-12(2)19(21)22-14-9-7-13(8-10-14)11-17-18(20)15-5-3-4-6-16(15)23-17/h3-11H,1H2,2H3/b17-11-. The van der Waals surface area contributed by atoms with Crippen LogP contribution >= 0.6 is 0 Å². The fourth-order valence-corrected chi connectivity index (χ4v) is 2.11. The third-order valence-electron chi connectivity index (χ3n) is 3.31. The zero-order valence-electron chi connectivity index (χ0n) is 12.5.